The molecule has 0 saturated carbocycles. The lowest BCUT2D eigenvalue weighted by Crippen LogP contribution is -2.44. The molecule has 2 aromatic carbocycles. The molecule has 0 unspecified atom stereocenters. The van der Waals surface area contributed by atoms with E-state index in [0.717, 1.165) is 23.1 Å². The normalized spacial score (nSPS) is 13.5. The van der Waals surface area contributed by atoms with Gasteiger partial charge in [-0.05, 0) is 102 Å². The Bertz CT molecular complexity index is 1360. The van der Waals surface area contributed by atoms with Crippen LogP contribution in [0.15, 0.2) is 78.0 Å². The Kier molecular flexibility index (Phi) is 17.7. The number of phenols is 1. The second kappa shape index (κ2) is 21.1. The molecule has 0 fully saturated rings. The first-order valence-electron chi connectivity index (χ1n) is 17.4. The number of benzene rings is 2. The van der Waals surface area contributed by atoms with E-state index in [1.165, 1.54) is 95.9 Å². The number of phenolic OH excluding ortho intramolecular Hbond substituents is 1. The van der Waals surface area contributed by atoms with Crippen LogP contribution in [-0.2, 0) is 40.5 Å². The molecule has 0 aromatic heterocycles. The smallest absolute Gasteiger partial charge is 0.508 e. The third kappa shape index (κ3) is 15.8. The van der Waals surface area contributed by atoms with Crippen LogP contribution in [0, 0.1) is 0 Å². The Morgan fingerprint density at radius 3 is 1.58 bits per heavy atom. The van der Waals surface area contributed by atoms with E-state index in [4.69, 9.17) is 13.3 Å². The van der Waals surface area contributed by atoms with Gasteiger partial charge in [0.25, 0.3) is 0 Å². The maximum absolute atomic E-state index is 11.9. The second-order valence-corrected chi connectivity index (χ2v) is 15.2. The third-order valence-corrected chi connectivity index (χ3v) is 10.6. The first-order chi connectivity index (χ1) is 22.8. The molecule has 0 heterocycles. The topological polar surface area (TPSA) is 99.1 Å². The van der Waals surface area contributed by atoms with Crippen molar-refractivity contribution in [2.45, 2.75) is 125 Å². The number of allylic oxidation sites excluding steroid dienone is 6. The van der Waals surface area contributed by atoms with Crippen LogP contribution in [0.1, 0.15) is 117 Å². The number of hydrogen-bond donors (Lipinski definition) is 1. The number of rotatable bonds is 23. The summed E-state index contributed by atoms with van der Waals surface area (Å²) >= 11 is 0. The van der Waals surface area contributed by atoms with Crippen LogP contribution in [-0.4, -0.2) is 31.3 Å². The molecule has 7 nitrogen and oxygen atoms in total. The van der Waals surface area contributed by atoms with Crippen molar-refractivity contribution >= 4 is 26.2 Å². The minimum atomic E-state index is -3.71. The number of aromatic hydroxyl groups is 1. The first kappa shape index (κ1) is 40.3. The van der Waals surface area contributed by atoms with Crippen LogP contribution in [0.2, 0.25) is 6.04 Å². The minimum Gasteiger partial charge on any atom is -0.508 e. The highest BCUT2D eigenvalue weighted by Gasteiger charge is 2.49. The van der Waals surface area contributed by atoms with E-state index in [1.54, 1.807) is 32.9 Å². The average Bonchev–Trinajstić information content (AvgIpc) is 2.97. The van der Waals surface area contributed by atoms with Crippen LogP contribution >= 0.6 is 0 Å². The Morgan fingerprint density at radius 2 is 1.10 bits per heavy atom. The summed E-state index contributed by atoms with van der Waals surface area (Å²) in [4.78, 5) is 35.6. The van der Waals surface area contributed by atoms with E-state index in [-0.39, 0.29) is 23.1 Å². The molecule has 0 bridgehead atoms. The van der Waals surface area contributed by atoms with Gasteiger partial charge in [-0.1, -0.05) is 82.2 Å². The van der Waals surface area contributed by atoms with Crippen LogP contribution < -0.4 is 0 Å². The van der Waals surface area contributed by atoms with Gasteiger partial charge < -0.3 is 18.4 Å². The van der Waals surface area contributed by atoms with Crippen molar-refractivity contribution in [2.75, 3.05) is 0 Å². The Balaban J connectivity index is 2.27. The molecule has 0 spiro atoms. The molecule has 0 aliphatic rings. The molecule has 262 valence electrons. The van der Waals surface area contributed by atoms with E-state index in [2.05, 4.69) is 31.2 Å². The molecular formula is C40H56O7Si. The zero-order chi connectivity index (χ0) is 35.5. The van der Waals surface area contributed by atoms with Gasteiger partial charge in [0.2, 0.25) is 0 Å². The van der Waals surface area contributed by atoms with Crippen molar-refractivity contribution < 1.29 is 32.8 Å². The van der Waals surface area contributed by atoms with Crippen LogP contribution in [0.5, 0.6) is 5.75 Å². The summed E-state index contributed by atoms with van der Waals surface area (Å²) in [5, 5.41) is 10.4. The predicted molar refractivity (Wildman–Crippen MR) is 195 cm³/mol. The molecule has 0 radical (unpaired) electrons. The van der Waals surface area contributed by atoms with E-state index >= 15 is 0 Å². The predicted octanol–water partition coefficient (Wildman–Crippen LogP) is 10.1. The molecule has 0 aliphatic carbocycles. The van der Waals surface area contributed by atoms with E-state index in [9.17, 15) is 19.5 Å². The molecule has 2 aromatic rings. The fraction of sp³-hybridized carbons (Fsp3) is 0.475. The highest BCUT2D eigenvalue weighted by Crippen LogP contribution is 2.32. The standard InChI is InChI=1S/C40H56O7Si/c1-8-9-10-11-12-13-14-15-17-36-19-21-37(22-20-36)40-24-23-39(44)29-38(40)18-16-25-48(45-33(5)26-30(2)41,46-34(6)27-31(3)42)47-35(7)28-32(4)43/h19-24,26-29,44H,8-18,25H2,1-7H3. The summed E-state index contributed by atoms with van der Waals surface area (Å²) in [7, 11) is -3.71. The summed E-state index contributed by atoms with van der Waals surface area (Å²) < 4.78 is 18.9. The summed E-state index contributed by atoms with van der Waals surface area (Å²) in [5.74, 6) is 0.511. The van der Waals surface area contributed by atoms with Crippen molar-refractivity contribution in [3.63, 3.8) is 0 Å². The van der Waals surface area contributed by atoms with Crippen molar-refractivity contribution in [3.8, 4) is 16.9 Å². The highest BCUT2D eigenvalue weighted by molar-refractivity contribution is 6.61. The van der Waals surface area contributed by atoms with Gasteiger partial charge in [0, 0.05) is 18.2 Å². The summed E-state index contributed by atoms with van der Waals surface area (Å²) in [5.41, 5.74) is 4.37. The fourth-order valence-corrected chi connectivity index (χ4v) is 8.47. The molecule has 1 N–H and O–H groups in total. The Morgan fingerprint density at radius 1 is 0.625 bits per heavy atom. The van der Waals surface area contributed by atoms with Gasteiger partial charge in [0.1, 0.15) is 5.75 Å². The maximum Gasteiger partial charge on any atom is 0.698 e. The Hall–Kier alpha value is -3.91. The molecule has 0 saturated heterocycles. The number of unbranched alkanes of at least 4 members (excludes halogenated alkanes) is 7. The average molecular weight is 677 g/mol. The number of hydrogen-bond acceptors (Lipinski definition) is 7. The molecule has 0 amide bonds. The quantitative estimate of drug-likeness (QED) is 0.0541. The number of ketones is 3. The second-order valence-electron chi connectivity index (χ2n) is 12.7. The van der Waals surface area contributed by atoms with Crippen LogP contribution in [0.3, 0.4) is 0 Å². The van der Waals surface area contributed by atoms with E-state index in [0.29, 0.717) is 36.2 Å². The number of carbonyl (C=O) groups is 3. The zero-order valence-electron chi connectivity index (χ0n) is 30.2. The van der Waals surface area contributed by atoms with Crippen molar-refractivity contribution in [1.82, 2.24) is 0 Å². The lowest BCUT2D eigenvalue weighted by Gasteiger charge is -2.31. The first-order valence-corrected chi connectivity index (χ1v) is 19.3. The fourth-order valence-electron chi connectivity index (χ4n) is 5.78. The molecule has 2 rings (SSSR count). The van der Waals surface area contributed by atoms with Gasteiger partial charge in [0.05, 0.1) is 23.3 Å². The molecular weight excluding hydrogens is 621 g/mol. The van der Waals surface area contributed by atoms with Gasteiger partial charge in [-0.2, -0.15) is 0 Å². The largest absolute Gasteiger partial charge is 0.698 e. The van der Waals surface area contributed by atoms with Gasteiger partial charge in [-0.25, -0.2) is 0 Å². The lowest BCUT2D eigenvalue weighted by atomic mass is 9.95. The molecule has 0 aliphatic heterocycles. The van der Waals surface area contributed by atoms with Crippen LogP contribution in [0.4, 0.5) is 0 Å². The summed E-state index contributed by atoms with van der Waals surface area (Å²) in [6.45, 7) is 11.5. The van der Waals surface area contributed by atoms with Gasteiger partial charge >= 0.3 is 8.80 Å². The van der Waals surface area contributed by atoms with Crippen molar-refractivity contribution in [1.29, 1.82) is 0 Å². The summed E-state index contributed by atoms with van der Waals surface area (Å²) in [6.07, 6.45) is 16.6. The Labute approximate surface area is 289 Å². The zero-order valence-corrected chi connectivity index (χ0v) is 31.2. The van der Waals surface area contributed by atoms with E-state index < -0.39 is 8.80 Å². The molecule has 0 atom stereocenters. The van der Waals surface area contributed by atoms with Gasteiger partial charge in [0.15, 0.2) is 17.3 Å². The maximum atomic E-state index is 11.9. The van der Waals surface area contributed by atoms with Crippen molar-refractivity contribution in [3.05, 3.63) is 89.1 Å². The van der Waals surface area contributed by atoms with Gasteiger partial charge in [-0.15, -0.1) is 0 Å². The van der Waals surface area contributed by atoms with E-state index in [1.807, 2.05) is 6.07 Å². The van der Waals surface area contributed by atoms with Crippen molar-refractivity contribution in [2.24, 2.45) is 0 Å². The summed E-state index contributed by atoms with van der Waals surface area (Å²) in [6, 6.07) is 14.4. The third-order valence-electron chi connectivity index (χ3n) is 7.77. The molecule has 8 heteroatoms. The number of aryl methyl sites for hydroxylation is 2. The van der Waals surface area contributed by atoms with Crippen LogP contribution in [0.25, 0.3) is 11.1 Å². The minimum absolute atomic E-state index is 0.174. The lowest BCUT2D eigenvalue weighted by molar-refractivity contribution is -0.113. The SMILES string of the molecule is CCCCCCCCCCc1ccc(-c2ccc(O)cc2CCC[Si](OC(C)=CC(C)=O)(OC(C)=CC(C)=O)OC(C)=CC(C)=O)cc1. The molecule has 48 heavy (non-hydrogen) atoms. The highest BCUT2D eigenvalue weighted by atomic mass is 28.4. The van der Waals surface area contributed by atoms with Gasteiger partial charge in [-0.3, -0.25) is 14.4 Å². The number of carbonyl (C=O) groups excluding carboxylic acids is 3. The monoisotopic (exact) mass is 676 g/mol.